The summed E-state index contributed by atoms with van der Waals surface area (Å²) in [7, 11) is 0. The Morgan fingerprint density at radius 3 is 2.38 bits per heavy atom. The van der Waals surface area contributed by atoms with Gasteiger partial charge in [-0.15, -0.1) is 0 Å². The molecule has 2 aromatic carbocycles. The fourth-order valence-corrected chi connectivity index (χ4v) is 2.22. The van der Waals surface area contributed by atoms with Crippen LogP contribution in [0.15, 0.2) is 65.5 Å². The molecule has 0 atom stereocenters. The van der Waals surface area contributed by atoms with Crippen LogP contribution in [0.2, 0.25) is 0 Å². The molecule has 104 valence electrons. The van der Waals surface area contributed by atoms with E-state index >= 15 is 0 Å². The van der Waals surface area contributed by atoms with Crippen LogP contribution >= 0.6 is 0 Å². The fourth-order valence-electron chi connectivity index (χ4n) is 2.22. The molecule has 0 spiro atoms. The average Bonchev–Trinajstić information content (AvgIpc) is 2.90. The monoisotopic (exact) mass is 281 g/mol. The predicted molar refractivity (Wildman–Crippen MR) is 78.5 cm³/mol. The van der Waals surface area contributed by atoms with E-state index in [0.29, 0.717) is 11.3 Å². The highest BCUT2D eigenvalue weighted by Crippen LogP contribution is 2.29. The second-order valence-electron chi connectivity index (χ2n) is 4.45. The number of hydrogen-bond donors (Lipinski definition) is 1. The van der Waals surface area contributed by atoms with Crippen molar-refractivity contribution in [3.63, 3.8) is 0 Å². The lowest BCUT2D eigenvalue weighted by Gasteiger charge is -2.08. The smallest absolute Gasteiger partial charge is 0.268 e. The molecule has 1 heterocycles. The lowest BCUT2D eigenvalue weighted by atomic mass is 10.1. The van der Waals surface area contributed by atoms with Gasteiger partial charge in [-0.3, -0.25) is 24.7 Å². The minimum absolute atomic E-state index is 0.0406. The Bertz CT molecular complexity index is 850. The molecule has 6 nitrogen and oxygen atoms in total. The third-order valence-electron chi connectivity index (χ3n) is 3.12. The van der Waals surface area contributed by atoms with Crippen LogP contribution in [0.3, 0.4) is 0 Å². The summed E-state index contributed by atoms with van der Waals surface area (Å²) in [5.41, 5.74) is 1.23. The molecule has 6 heteroatoms. The van der Waals surface area contributed by atoms with Crippen LogP contribution in [-0.2, 0) is 0 Å². The molecule has 3 aromatic rings. The molecule has 0 unspecified atom stereocenters. The van der Waals surface area contributed by atoms with Gasteiger partial charge >= 0.3 is 0 Å². The van der Waals surface area contributed by atoms with Gasteiger partial charge in [0.25, 0.3) is 11.2 Å². The molecular formula is C15H11N3O3. The largest absolute Gasteiger partial charge is 0.278 e. The molecule has 0 bridgehead atoms. The van der Waals surface area contributed by atoms with Gasteiger partial charge in [-0.05, 0) is 18.2 Å². The van der Waals surface area contributed by atoms with E-state index < -0.39 is 4.92 Å². The topological polar surface area (TPSA) is 80.9 Å². The van der Waals surface area contributed by atoms with Crippen molar-refractivity contribution in [1.29, 1.82) is 0 Å². The Balaban J connectivity index is 2.26. The zero-order valence-corrected chi connectivity index (χ0v) is 10.9. The van der Waals surface area contributed by atoms with Crippen LogP contribution in [0, 0.1) is 10.1 Å². The fraction of sp³-hybridized carbons (Fsp3) is 0. The van der Waals surface area contributed by atoms with Crippen molar-refractivity contribution < 1.29 is 4.92 Å². The first-order chi connectivity index (χ1) is 10.2. The molecule has 0 radical (unpaired) electrons. The van der Waals surface area contributed by atoms with E-state index in [1.54, 1.807) is 22.9 Å². The molecule has 3 rings (SSSR count). The minimum atomic E-state index is -0.456. The van der Waals surface area contributed by atoms with Crippen molar-refractivity contribution in [3.05, 3.63) is 81.1 Å². The number of aromatic amines is 1. The summed E-state index contributed by atoms with van der Waals surface area (Å²) in [5, 5.41) is 13.8. The van der Waals surface area contributed by atoms with Gasteiger partial charge in [-0.1, -0.05) is 30.3 Å². The molecule has 0 fully saturated rings. The Kier molecular flexibility index (Phi) is 3.12. The molecule has 0 aliphatic carbocycles. The molecule has 0 aliphatic heterocycles. The van der Waals surface area contributed by atoms with E-state index in [4.69, 9.17) is 0 Å². The van der Waals surface area contributed by atoms with E-state index in [-0.39, 0.29) is 11.2 Å². The van der Waals surface area contributed by atoms with Gasteiger partial charge < -0.3 is 0 Å². The number of nitro benzene ring substituents is 1. The van der Waals surface area contributed by atoms with Gasteiger partial charge in [-0.2, -0.15) is 0 Å². The van der Waals surface area contributed by atoms with E-state index in [2.05, 4.69) is 5.10 Å². The van der Waals surface area contributed by atoms with E-state index in [9.17, 15) is 14.9 Å². The Morgan fingerprint density at radius 2 is 1.67 bits per heavy atom. The third-order valence-corrected chi connectivity index (χ3v) is 3.12. The zero-order chi connectivity index (χ0) is 14.8. The van der Waals surface area contributed by atoms with Crippen LogP contribution < -0.4 is 5.56 Å². The third kappa shape index (κ3) is 2.34. The lowest BCUT2D eigenvalue weighted by molar-refractivity contribution is -0.384. The van der Waals surface area contributed by atoms with Gasteiger partial charge in [0.05, 0.1) is 21.9 Å². The first-order valence-corrected chi connectivity index (χ1v) is 6.28. The number of H-pyrrole nitrogens is 1. The van der Waals surface area contributed by atoms with Crippen LogP contribution in [0.1, 0.15) is 0 Å². The molecule has 0 saturated carbocycles. The summed E-state index contributed by atoms with van der Waals surface area (Å²) in [6.45, 7) is 0. The van der Waals surface area contributed by atoms with Crippen molar-refractivity contribution in [1.82, 2.24) is 9.78 Å². The maximum atomic E-state index is 11.7. The molecule has 21 heavy (non-hydrogen) atoms. The first-order valence-electron chi connectivity index (χ1n) is 6.28. The average molecular weight is 281 g/mol. The standard InChI is InChI=1S/C15H11N3O3/c19-15-10-14(12-8-4-5-9-13(12)18(20)21)17(16-15)11-6-2-1-3-7-11/h1-10H,(H,16,19). The van der Waals surface area contributed by atoms with Crippen molar-refractivity contribution >= 4 is 5.69 Å². The molecule has 0 aliphatic rings. The summed E-state index contributed by atoms with van der Waals surface area (Å²) >= 11 is 0. The molecule has 0 amide bonds. The van der Waals surface area contributed by atoms with E-state index in [1.165, 1.54) is 12.1 Å². The highest BCUT2D eigenvalue weighted by molar-refractivity contribution is 5.71. The number of para-hydroxylation sites is 2. The lowest BCUT2D eigenvalue weighted by Crippen LogP contribution is -2.04. The van der Waals surface area contributed by atoms with Crippen LogP contribution in [-0.4, -0.2) is 14.7 Å². The number of hydrogen-bond acceptors (Lipinski definition) is 3. The van der Waals surface area contributed by atoms with Gasteiger partial charge in [0.2, 0.25) is 0 Å². The second-order valence-corrected chi connectivity index (χ2v) is 4.45. The van der Waals surface area contributed by atoms with E-state index in [1.807, 2.05) is 30.3 Å². The summed E-state index contributed by atoms with van der Waals surface area (Å²) in [4.78, 5) is 22.4. The first kappa shape index (κ1) is 12.9. The number of benzene rings is 2. The van der Waals surface area contributed by atoms with Gasteiger partial charge in [0.1, 0.15) is 0 Å². The summed E-state index contributed by atoms with van der Waals surface area (Å²) in [6.07, 6.45) is 0. The summed E-state index contributed by atoms with van der Waals surface area (Å²) < 4.78 is 1.55. The number of nitrogens with zero attached hydrogens (tertiary/aromatic N) is 2. The zero-order valence-electron chi connectivity index (χ0n) is 10.9. The number of aromatic nitrogens is 2. The maximum absolute atomic E-state index is 11.7. The quantitative estimate of drug-likeness (QED) is 0.592. The SMILES string of the molecule is O=c1cc(-c2ccccc2[N+](=O)[O-])n(-c2ccccc2)[nH]1. The number of nitro groups is 1. The predicted octanol–water partition coefficient (Wildman–Crippen LogP) is 2.74. The van der Waals surface area contributed by atoms with Gasteiger partial charge in [-0.25, -0.2) is 0 Å². The number of nitrogens with one attached hydrogen (secondary N) is 1. The van der Waals surface area contributed by atoms with Crippen LogP contribution in [0.4, 0.5) is 5.69 Å². The maximum Gasteiger partial charge on any atom is 0.278 e. The Morgan fingerprint density at radius 1 is 1.00 bits per heavy atom. The second kappa shape index (κ2) is 5.09. The summed E-state index contributed by atoms with van der Waals surface area (Å²) in [5.74, 6) is 0. The Labute approximate surface area is 119 Å². The highest BCUT2D eigenvalue weighted by atomic mass is 16.6. The van der Waals surface area contributed by atoms with Crippen molar-refractivity contribution in [2.24, 2.45) is 0 Å². The van der Waals surface area contributed by atoms with Gasteiger partial charge in [0, 0.05) is 12.1 Å². The molecular weight excluding hydrogens is 270 g/mol. The van der Waals surface area contributed by atoms with Crippen LogP contribution in [0.25, 0.3) is 16.9 Å². The summed E-state index contributed by atoms with van der Waals surface area (Å²) in [6, 6.07) is 16.8. The minimum Gasteiger partial charge on any atom is -0.268 e. The van der Waals surface area contributed by atoms with Gasteiger partial charge in [0.15, 0.2) is 0 Å². The molecule has 0 saturated heterocycles. The molecule has 1 N–H and O–H groups in total. The molecule has 1 aromatic heterocycles. The van der Waals surface area contributed by atoms with Crippen LogP contribution in [0.5, 0.6) is 0 Å². The Hall–Kier alpha value is -3.15. The normalized spacial score (nSPS) is 10.5. The number of rotatable bonds is 3. The highest BCUT2D eigenvalue weighted by Gasteiger charge is 2.18. The van der Waals surface area contributed by atoms with Crippen molar-refractivity contribution in [2.45, 2.75) is 0 Å². The van der Waals surface area contributed by atoms with E-state index in [0.717, 1.165) is 5.69 Å². The van der Waals surface area contributed by atoms with Crippen molar-refractivity contribution in [2.75, 3.05) is 0 Å². The van der Waals surface area contributed by atoms with Crippen molar-refractivity contribution in [3.8, 4) is 16.9 Å².